The van der Waals surface area contributed by atoms with E-state index in [0.717, 1.165) is 12.0 Å². The third-order valence-corrected chi connectivity index (χ3v) is 5.59. The fraction of sp³-hybridized carbons (Fsp3) is 0.588. The molecule has 1 saturated carbocycles. The minimum Gasteiger partial charge on any atom is -0.668 e. The third-order valence-electron chi connectivity index (χ3n) is 5.59. The van der Waals surface area contributed by atoms with E-state index < -0.39 is 12.7 Å². The summed E-state index contributed by atoms with van der Waals surface area (Å²) in [6, 6.07) is 5.04. The summed E-state index contributed by atoms with van der Waals surface area (Å²) in [5.41, 5.74) is 0.862. The Kier molecular flexibility index (Phi) is 4.02. The van der Waals surface area contributed by atoms with Crippen LogP contribution in [0.25, 0.3) is 0 Å². The van der Waals surface area contributed by atoms with Crippen LogP contribution in [0.15, 0.2) is 18.2 Å². The van der Waals surface area contributed by atoms with Gasteiger partial charge in [-0.2, -0.15) is 0 Å². The fourth-order valence-corrected chi connectivity index (χ4v) is 4.36. The molecule has 1 aromatic rings. The number of fused-ring (bicyclic) bond motifs is 2. The molecule has 0 spiro atoms. The van der Waals surface area contributed by atoms with Crippen molar-refractivity contribution in [3.8, 4) is 5.75 Å². The van der Waals surface area contributed by atoms with Crippen molar-refractivity contribution >= 4 is 12.7 Å². The monoisotopic (exact) mass is 332 g/mol. The van der Waals surface area contributed by atoms with Gasteiger partial charge < -0.3 is 24.8 Å². The molecule has 3 aliphatic rings. The van der Waals surface area contributed by atoms with Crippen LogP contribution >= 0.6 is 0 Å². The average molecular weight is 332 g/mol. The van der Waals surface area contributed by atoms with Gasteiger partial charge in [0.05, 0.1) is 17.5 Å². The zero-order chi connectivity index (χ0) is 16.7. The number of carbonyl (C=O) groups is 1. The minimum atomic E-state index is -2.54. The number of hydrogen-bond acceptors (Lipinski definition) is 5. The zero-order valence-electron chi connectivity index (χ0n) is 13.6. The largest absolute Gasteiger partial charge is 0.668 e. The van der Waals surface area contributed by atoms with Gasteiger partial charge in [-0.3, -0.25) is 0 Å². The van der Waals surface area contributed by atoms with Gasteiger partial charge >= 0.3 is 12.7 Å². The Labute approximate surface area is 141 Å². The molecule has 4 rings (SSSR count). The third kappa shape index (κ3) is 2.81. The molecule has 1 saturated heterocycles. The van der Waals surface area contributed by atoms with Crippen molar-refractivity contribution < 1.29 is 24.2 Å². The first-order valence-electron chi connectivity index (χ1n) is 8.90. The summed E-state index contributed by atoms with van der Waals surface area (Å²) in [4.78, 5) is 11.4. The summed E-state index contributed by atoms with van der Waals surface area (Å²) >= 11 is 0. The van der Waals surface area contributed by atoms with E-state index in [-0.39, 0.29) is 23.5 Å². The van der Waals surface area contributed by atoms with Crippen LogP contribution < -0.4 is 9.97 Å². The Morgan fingerprint density at radius 2 is 2.08 bits per heavy atom. The van der Waals surface area contributed by atoms with Gasteiger partial charge in [0.25, 0.3) is 0 Å². The van der Waals surface area contributed by atoms with Gasteiger partial charge in [-0.05, 0) is 36.3 Å². The van der Waals surface area contributed by atoms with Crippen LogP contribution in [0.4, 0.5) is 0 Å². The number of nitrogens with one attached hydrogen (secondary N) is 1. The molecule has 130 valence electrons. The highest BCUT2D eigenvalue weighted by Gasteiger charge is 2.49. The highest BCUT2D eigenvalue weighted by Crippen LogP contribution is 2.38. The highest BCUT2D eigenvalue weighted by atomic mass is 16.7. The van der Waals surface area contributed by atoms with E-state index >= 15 is 0 Å². The first-order valence-corrected chi connectivity index (χ1v) is 8.90. The zero-order valence-corrected chi connectivity index (χ0v) is 13.6. The Morgan fingerprint density at radius 3 is 2.83 bits per heavy atom. The predicted octanol–water partition coefficient (Wildman–Crippen LogP) is 2.07. The molecule has 0 aromatic heterocycles. The van der Waals surface area contributed by atoms with Gasteiger partial charge in [0.15, 0.2) is 0 Å². The van der Waals surface area contributed by atoms with Crippen LogP contribution in [0.1, 0.15) is 54.4 Å². The number of para-hydroxylation sites is 1. The minimum absolute atomic E-state index is 0.0700. The lowest BCUT2D eigenvalue weighted by molar-refractivity contribution is 0.0690. The maximum absolute atomic E-state index is 11.4. The van der Waals surface area contributed by atoms with Gasteiger partial charge in [0, 0.05) is 0 Å². The normalized spacial score (nSPS) is 32.7. The molecule has 3 N–H and O–H groups in total. The molecule has 24 heavy (non-hydrogen) atoms. The van der Waals surface area contributed by atoms with Crippen LogP contribution in [-0.4, -0.2) is 35.0 Å². The number of carboxylic acids is 1. The standard InChI is InChI=1S/C17H23BNO5/c20-17(21)13-8-4-7-12-10-14-18(22,24-16(12)13)23-15(19-14)9-11-5-2-1-3-6-11/h4,7-8,11,14-15,19,22H,1-3,5-6,9-10H2,(H,20,21)/q-1/t14-,15?,18-/m0/s1. The van der Waals surface area contributed by atoms with Crippen molar-refractivity contribution in [2.45, 2.75) is 57.1 Å². The molecule has 6 nitrogen and oxygen atoms in total. The molecular formula is C17H23BNO5-. The van der Waals surface area contributed by atoms with E-state index in [1.807, 2.05) is 6.07 Å². The van der Waals surface area contributed by atoms with Crippen molar-refractivity contribution in [3.05, 3.63) is 29.3 Å². The van der Waals surface area contributed by atoms with Gasteiger partial charge in [-0.25, -0.2) is 4.79 Å². The smallest absolute Gasteiger partial charge is 0.450 e. The van der Waals surface area contributed by atoms with E-state index in [1.54, 1.807) is 6.07 Å². The molecule has 1 unspecified atom stereocenters. The van der Waals surface area contributed by atoms with E-state index in [1.165, 1.54) is 38.2 Å². The summed E-state index contributed by atoms with van der Waals surface area (Å²) in [5.74, 6) is -0.527. The second-order valence-corrected chi connectivity index (χ2v) is 7.29. The molecule has 0 bridgehead atoms. The van der Waals surface area contributed by atoms with Gasteiger partial charge in [-0.1, -0.05) is 44.2 Å². The van der Waals surface area contributed by atoms with Crippen molar-refractivity contribution in [2.24, 2.45) is 5.92 Å². The number of carboxylic acid groups (broad SMARTS) is 1. The topological polar surface area (TPSA) is 88.0 Å². The number of rotatable bonds is 3. The maximum Gasteiger partial charge on any atom is 0.450 e. The van der Waals surface area contributed by atoms with Crippen LogP contribution in [0.3, 0.4) is 0 Å². The van der Waals surface area contributed by atoms with Crippen molar-refractivity contribution in [1.82, 2.24) is 5.32 Å². The van der Waals surface area contributed by atoms with E-state index in [9.17, 15) is 14.9 Å². The van der Waals surface area contributed by atoms with Crippen LogP contribution in [0.2, 0.25) is 0 Å². The van der Waals surface area contributed by atoms with Crippen LogP contribution in [-0.2, 0) is 11.1 Å². The van der Waals surface area contributed by atoms with Gasteiger partial charge in [0.2, 0.25) is 0 Å². The van der Waals surface area contributed by atoms with E-state index in [4.69, 9.17) is 9.31 Å². The predicted molar refractivity (Wildman–Crippen MR) is 88.7 cm³/mol. The second kappa shape index (κ2) is 6.06. The van der Waals surface area contributed by atoms with Crippen molar-refractivity contribution in [2.75, 3.05) is 0 Å². The maximum atomic E-state index is 11.4. The van der Waals surface area contributed by atoms with Gasteiger partial charge in [0.1, 0.15) is 0 Å². The van der Waals surface area contributed by atoms with E-state index in [2.05, 4.69) is 5.32 Å². The Balaban J connectivity index is 1.51. The second-order valence-electron chi connectivity index (χ2n) is 7.29. The van der Waals surface area contributed by atoms with E-state index in [0.29, 0.717) is 12.3 Å². The van der Waals surface area contributed by atoms with Crippen LogP contribution in [0.5, 0.6) is 5.75 Å². The Hall–Kier alpha value is -1.57. The molecule has 0 radical (unpaired) electrons. The summed E-state index contributed by atoms with van der Waals surface area (Å²) in [6.45, 7) is -2.54. The summed E-state index contributed by atoms with van der Waals surface area (Å²) in [7, 11) is 0. The number of aromatic carboxylic acids is 1. The molecule has 1 aromatic carbocycles. The lowest BCUT2D eigenvalue weighted by Gasteiger charge is -2.41. The van der Waals surface area contributed by atoms with Crippen molar-refractivity contribution in [3.63, 3.8) is 0 Å². The molecular weight excluding hydrogens is 309 g/mol. The Morgan fingerprint density at radius 1 is 1.29 bits per heavy atom. The quantitative estimate of drug-likeness (QED) is 0.735. The molecule has 1 aliphatic carbocycles. The van der Waals surface area contributed by atoms with Crippen molar-refractivity contribution in [1.29, 1.82) is 0 Å². The SMILES string of the molecule is O=C(O)c1cccc2c1O[B@@-]1(O)OC(CC3CCCCC3)N[C@H]1C2. The molecule has 0 amide bonds. The lowest BCUT2D eigenvalue weighted by atomic mass is 9.65. The lowest BCUT2D eigenvalue weighted by Crippen LogP contribution is -2.58. The molecule has 7 heteroatoms. The van der Waals surface area contributed by atoms with Gasteiger partial charge in [-0.15, -0.1) is 0 Å². The summed E-state index contributed by atoms with van der Waals surface area (Å²) < 4.78 is 11.5. The molecule has 2 aliphatic heterocycles. The Bertz CT molecular complexity index is 648. The highest BCUT2D eigenvalue weighted by molar-refractivity contribution is 6.63. The number of hydrogen-bond donors (Lipinski definition) is 3. The molecule has 2 fully saturated rings. The average Bonchev–Trinajstić information content (AvgIpc) is 2.87. The molecule has 3 atom stereocenters. The first kappa shape index (κ1) is 15.9. The number of benzene rings is 1. The fourth-order valence-electron chi connectivity index (χ4n) is 4.36. The summed E-state index contributed by atoms with van der Waals surface area (Å²) in [6.07, 6.45) is 7.40. The summed E-state index contributed by atoms with van der Waals surface area (Å²) in [5, 5.41) is 23.5. The first-order chi connectivity index (χ1) is 11.5. The van der Waals surface area contributed by atoms with Crippen LogP contribution in [0, 0.1) is 5.92 Å². The molecule has 2 heterocycles.